The second kappa shape index (κ2) is 11.5. The fraction of sp³-hybridized carbons (Fsp3) is 0.611. The van der Waals surface area contributed by atoms with Crippen molar-refractivity contribution in [2.24, 2.45) is 0 Å². The van der Waals surface area contributed by atoms with Crippen molar-refractivity contribution in [2.75, 3.05) is 6.61 Å². The van der Waals surface area contributed by atoms with Crippen LogP contribution in [-0.2, 0) is 9.53 Å². The summed E-state index contributed by atoms with van der Waals surface area (Å²) in [5.41, 5.74) is 4.12. The lowest BCUT2D eigenvalue weighted by molar-refractivity contribution is -0.141. The van der Waals surface area contributed by atoms with Crippen LogP contribution in [0.2, 0.25) is 0 Å². The van der Waals surface area contributed by atoms with Crippen molar-refractivity contribution < 1.29 is 9.53 Å². The minimum Gasteiger partial charge on any atom is -0.461 e. The molecule has 0 aromatic rings. The summed E-state index contributed by atoms with van der Waals surface area (Å²) in [6.45, 7) is 10.8. The van der Waals surface area contributed by atoms with Crippen LogP contribution in [0, 0.1) is 0 Å². The molecule has 0 aromatic heterocycles. The Kier molecular flexibility index (Phi) is 10.8. The van der Waals surface area contributed by atoms with E-state index in [9.17, 15) is 4.79 Å². The quantitative estimate of drug-likeness (QED) is 0.419. The van der Waals surface area contributed by atoms with Gasteiger partial charge in [0.15, 0.2) is 0 Å². The zero-order valence-electron chi connectivity index (χ0n) is 13.8. The lowest BCUT2D eigenvalue weighted by Gasteiger charge is -2.02. The van der Waals surface area contributed by atoms with Gasteiger partial charge in [0, 0.05) is 6.42 Å². The second-order valence-electron chi connectivity index (χ2n) is 5.50. The van der Waals surface area contributed by atoms with E-state index in [1.165, 1.54) is 16.7 Å². The van der Waals surface area contributed by atoms with E-state index >= 15 is 0 Å². The first-order valence-corrected chi connectivity index (χ1v) is 7.56. The predicted molar refractivity (Wildman–Crippen MR) is 86.7 cm³/mol. The van der Waals surface area contributed by atoms with E-state index in [-0.39, 0.29) is 5.97 Å². The molecule has 0 N–H and O–H groups in total. The maximum absolute atomic E-state index is 11.0. The Bertz CT molecular complexity index is 369. The molecule has 0 bridgehead atoms. The number of hydrogen-bond acceptors (Lipinski definition) is 2. The van der Waals surface area contributed by atoms with Gasteiger partial charge in [-0.1, -0.05) is 35.8 Å². The molecule has 114 valence electrons. The Labute approximate surface area is 124 Å². The third-order valence-corrected chi connectivity index (χ3v) is 3.09. The summed E-state index contributed by atoms with van der Waals surface area (Å²) in [5, 5.41) is 0. The van der Waals surface area contributed by atoms with E-state index in [2.05, 4.69) is 39.8 Å². The number of rotatable bonds is 9. The van der Waals surface area contributed by atoms with Gasteiger partial charge in [-0.15, -0.1) is 0 Å². The van der Waals surface area contributed by atoms with Crippen molar-refractivity contribution in [3.63, 3.8) is 0 Å². The standard InChI is InChI=1S/C18H30O2/c1-6-18(19)20-14-13-17(5)12-8-11-16(4)10-7-9-15(2)3/h9,11,13H,6-8,10,12,14H2,1-5H3/b16-11+,17-13-. The molecule has 2 nitrogen and oxygen atoms in total. The molecule has 0 aliphatic rings. The summed E-state index contributed by atoms with van der Waals surface area (Å²) >= 11 is 0. The van der Waals surface area contributed by atoms with Crippen LogP contribution in [0.15, 0.2) is 34.9 Å². The third kappa shape index (κ3) is 11.8. The van der Waals surface area contributed by atoms with Crippen molar-refractivity contribution in [3.05, 3.63) is 34.9 Å². The molecule has 0 aliphatic carbocycles. The number of carbonyl (C=O) groups excluding carboxylic acids is 1. The van der Waals surface area contributed by atoms with E-state index in [0.29, 0.717) is 13.0 Å². The molecule has 0 saturated heterocycles. The summed E-state index contributed by atoms with van der Waals surface area (Å²) in [5.74, 6) is -0.135. The van der Waals surface area contributed by atoms with Gasteiger partial charge in [0.1, 0.15) is 6.61 Å². The average molecular weight is 278 g/mol. The first-order valence-electron chi connectivity index (χ1n) is 7.56. The molecule has 0 radical (unpaired) electrons. The van der Waals surface area contributed by atoms with Crippen molar-refractivity contribution in [2.45, 2.75) is 66.7 Å². The van der Waals surface area contributed by atoms with Crippen molar-refractivity contribution in [3.8, 4) is 0 Å². The minimum atomic E-state index is -0.135. The smallest absolute Gasteiger partial charge is 0.305 e. The highest BCUT2D eigenvalue weighted by molar-refractivity contribution is 5.68. The Morgan fingerprint density at radius 2 is 1.45 bits per heavy atom. The molecule has 0 amide bonds. The summed E-state index contributed by atoms with van der Waals surface area (Å²) in [4.78, 5) is 11.0. The predicted octanol–water partition coefficient (Wildman–Crippen LogP) is 5.36. The van der Waals surface area contributed by atoms with Gasteiger partial charge in [-0.25, -0.2) is 0 Å². The van der Waals surface area contributed by atoms with Crippen molar-refractivity contribution in [1.29, 1.82) is 0 Å². The molecule has 0 unspecified atom stereocenters. The molecule has 0 aliphatic heterocycles. The molecular weight excluding hydrogens is 248 g/mol. The largest absolute Gasteiger partial charge is 0.461 e. The monoisotopic (exact) mass is 278 g/mol. The Balaban J connectivity index is 3.88. The van der Waals surface area contributed by atoms with Crippen molar-refractivity contribution in [1.82, 2.24) is 0 Å². The number of hydrogen-bond donors (Lipinski definition) is 0. The number of carbonyl (C=O) groups is 1. The van der Waals surface area contributed by atoms with Gasteiger partial charge in [-0.05, 0) is 59.5 Å². The number of allylic oxidation sites excluding steroid dienone is 5. The van der Waals surface area contributed by atoms with Crippen LogP contribution in [0.1, 0.15) is 66.7 Å². The molecule has 0 heterocycles. The molecule has 0 rings (SSSR count). The first kappa shape index (κ1) is 18.7. The summed E-state index contributed by atoms with van der Waals surface area (Å²) in [7, 11) is 0. The highest BCUT2D eigenvalue weighted by Gasteiger charge is 1.96. The molecule has 0 atom stereocenters. The van der Waals surface area contributed by atoms with Gasteiger partial charge >= 0.3 is 5.97 Å². The molecule has 0 saturated carbocycles. The zero-order valence-corrected chi connectivity index (χ0v) is 13.8. The normalized spacial score (nSPS) is 12.2. The highest BCUT2D eigenvalue weighted by atomic mass is 16.5. The van der Waals surface area contributed by atoms with Gasteiger partial charge < -0.3 is 4.74 Å². The minimum absolute atomic E-state index is 0.135. The lowest BCUT2D eigenvalue weighted by Crippen LogP contribution is -2.02. The van der Waals surface area contributed by atoms with Gasteiger partial charge in [-0.3, -0.25) is 4.79 Å². The van der Waals surface area contributed by atoms with Gasteiger partial charge in [0.05, 0.1) is 0 Å². The fourth-order valence-electron chi connectivity index (χ4n) is 1.72. The molecule has 0 fully saturated rings. The maximum atomic E-state index is 11.0. The maximum Gasteiger partial charge on any atom is 0.305 e. The molecule has 2 heteroatoms. The van der Waals surface area contributed by atoms with Crippen LogP contribution in [0.4, 0.5) is 0 Å². The Morgan fingerprint density at radius 1 is 0.900 bits per heavy atom. The third-order valence-electron chi connectivity index (χ3n) is 3.09. The van der Waals surface area contributed by atoms with Crippen LogP contribution >= 0.6 is 0 Å². The van der Waals surface area contributed by atoms with Crippen LogP contribution in [0.25, 0.3) is 0 Å². The lowest BCUT2D eigenvalue weighted by atomic mass is 10.1. The van der Waals surface area contributed by atoms with Gasteiger partial charge in [0.2, 0.25) is 0 Å². The van der Waals surface area contributed by atoms with Crippen LogP contribution in [-0.4, -0.2) is 12.6 Å². The summed E-state index contributed by atoms with van der Waals surface area (Å²) in [6.07, 6.45) is 11.4. The van der Waals surface area contributed by atoms with Crippen LogP contribution < -0.4 is 0 Å². The van der Waals surface area contributed by atoms with E-state index < -0.39 is 0 Å². The Morgan fingerprint density at radius 3 is 2.00 bits per heavy atom. The van der Waals surface area contributed by atoms with E-state index in [1.54, 1.807) is 0 Å². The van der Waals surface area contributed by atoms with E-state index in [1.807, 2.05) is 13.0 Å². The summed E-state index contributed by atoms with van der Waals surface area (Å²) in [6, 6.07) is 0. The van der Waals surface area contributed by atoms with E-state index in [0.717, 1.165) is 25.7 Å². The van der Waals surface area contributed by atoms with Crippen LogP contribution in [0.3, 0.4) is 0 Å². The number of ether oxygens (including phenoxy) is 1. The SMILES string of the molecule is CCC(=O)OC/C=C(/C)CC/C=C(\C)CCC=C(C)C. The first-order chi connectivity index (χ1) is 9.45. The fourth-order valence-corrected chi connectivity index (χ4v) is 1.72. The topological polar surface area (TPSA) is 26.3 Å². The highest BCUT2D eigenvalue weighted by Crippen LogP contribution is 2.11. The molecular formula is C18H30O2. The van der Waals surface area contributed by atoms with Gasteiger partial charge in [-0.2, -0.15) is 0 Å². The Hall–Kier alpha value is -1.31. The van der Waals surface area contributed by atoms with Gasteiger partial charge in [0.25, 0.3) is 0 Å². The summed E-state index contributed by atoms with van der Waals surface area (Å²) < 4.78 is 5.03. The second-order valence-corrected chi connectivity index (χ2v) is 5.50. The molecule has 0 spiro atoms. The molecule has 0 aromatic carbocycles. The molecule has 20 heavy (non-hydrogen) atoms. The average Bonchev–Trinajstić information content (AvgIpc) is 2.38. The van der Waals surface area contributed by atoms with Crippen molar-refractivity contribution >= 4 is 5.97 Å². The van der Waals surface area contributed by atoms with E-state index in [4.69, 9.17) is 4.74 Å². The van der Waals surface area contributed by atoms with Crippen LogP contribution in [0.5, 0.6) is 0 Å². The number of esters is 1. The zero-order chi connectivity index (χ0) is 15.4.